The van der Waals surface area contributed by atoms with Crippen molar-refractivity contribution in [2.24, 2.45) is 5.73 Å². The van der Waals surface area contributed by atoms with Gasteiger partial charge in [-0.3, -0.25) is 4.98 Å². The summed E-state index contributed by atoms with van der Waals surface area (Å²) < 4.78 is 42.1. The maximum atomic E-state index is 12.0. The van der Waals surface area contributed by atoms with Gasteiger partial charge >= 0.3 is 6.09 Å². The Labute approximate surface area is 112 Å². The minimum Gasteiger partial charge on any atom is -0.449 e. The third-order valence-corrected chi connectivity index (χ3v) is 3.60. The van der Waals surface area contributed by atoms with Crippen LogP contribution in [0.15, 0.2) is 23.4 Å². The average molecular weight is 290 g/mol. The molecule has 0 bridgehead atoms. The molecule has 1 heterocycles. The summed E-state index contributed by atoms with van der Waals surface area (Å²) >= 11 is 0. The Morgan fingerprint density at radius 3 is 3.11 bits per heavy atom. The van der Waals surface area contributed by atoms with Gasteiger partial charge in [-0.25, -0.2) is 13.2 Å². The number of nitrogens with two attached hydrogens (primary N) is 1. The van der Waals surface area contributed by atoms with E-state index in [2.05, 4.69) is 19.2 Å². The molecule has 0 atom stereocenters. The van der Waals surface area contributed by atoms with Crippen LogP contribution in [0, 0.1) is 0 Å². The Bertz CT molecular complexity index is 552. The SMILES string of the molecule is [2H]NC(=O)OCCc1ccncc1S(=O)(=O)NCOC. The second-order valence-electron chi connectivity index (χ2n) is 3.45. The van der Waals surface area contributed by atoms with Crippen LogP contribution in [0.5, 0.6) is 0 Å². The van der Waals surface area contributed by atoms with Gasteiger partial charge in [0.05, 0.1) is 6.61 Å². The summed E-state index contributed by atoms with van der Waals surface area (Å²) in [5.74, 6) is 0. The first-order valence-electron chi connectivity index (χ1n) is 5.77. The van der Waals surface area contributed by atoms with Crippen LogP contribution in [0.2, 0.25) is 1.41 Å². The van der Waals surface area contributed by atoms with Crippen LogP contribution in [0.4, 0.5) is 4.79 Å². The molecule has 1 rings (SSSR count). The summed E-state index contributed by atoms with van der Waals surface area (Å²) in [7, 11) is -2.38. The Hall–Kier alpha value is -1.71. The first-order valence-corrected chi connectivity index (χ1v) is 6.75. The molecule has 19 heavy (non-hydrogen) atoms. The summed E-state index contributed by atoms with van der Waals surface area (Å²) in [6.07, 6.45) is 1.92. The number of amides is 1. The highest BCUT2D eigenvalue weighted by atomic mass is 32.2. The summed E-state index contributed by atoms with van der Waals surface area (Å²) in [5.41, 5.74) is 2.00. The molecule has 0 radical (unpaired) electrons. The van der Waals surface area contributed by atoms with Gasteiger partial charge in [0.1, 0.15) is 11.6 Å². The normalized spacial score (nSPS) is 11.7. The molecular weight excluding hydrogens is 274 g/mol. The van der Waals surface area contributed by atoms with Crippen molar-refractivity contribution in [3.8, 4) is 0 Å². The van der Waals surface area contributed by atoms with E-state index >= 15 is 0 Å². The summed E-state index contributed by atoms with van der Waals surface area (Å²) in [6.45, 7) is -0.212. The molecule has 0 aromatic carbocycles. The Morgan fingerprint density at radius 1 is 1.63 bits per heavy atom. The fraction of sp³-hybridized carbons (Fsp3) is 0.400. The highest BCUT2D eigenvalue weighted by molar-refractivity contribution is 7.89. The molecule has 0 aliphatic heterocycles. The lowest BCUT2D eigenvalue weighted by molar-refractivity contribution is 0.158. The van der Waals surface area contributed by atoms with E-state index in [1.165, 1.54) is 25.6 Å². The number of ether oxygens (including phenoxy) is 2. The molecule has 1 aromatic heterocycles. The topological polar surface area (TPSA) is 121 Å². The van der Waals surface area contributed by atoms with Gasteiger partial charge < -0.3 is 15.2 Å². The molecule has 0 saturated carbocycles. The van der Waals surface area contributed by atoms with Crippen molar-refractivity contribution < 1.29 is 24.1 Å². The van der Waals surface area contributed by atoms with E-state index in [1.807, 2.05) is 0 Å². The number of carbonyl (C=O) groups excluding carboxylic acids is 1. The zero-order chi connectivity index (χ0) is 15.0. The van der Waals surface area contributed by atoms with E-state index in [0.29, 0.717) is 5.56 Å². The second-order valence-corrected chi connectivity index (χ2v) is 5.19. The number of rotatable bonds is 7. The molecule has 0 aliphatic carbocycles. The molecule has 8 nitrogen and oxygen atoms in total. The van der Waals surface area contributed by atoms with Crippen LogP contribution in [0.3, 0.4) is 0 Å². The highest BCUT2D eigenvalue weighted by Gasteiger charge is 2.18. The maximum absolute atomic E-state index is 12.0. The maximum Gasteiger partial charge on any atom is 0.404 e. The number of nitrogens with one attached hydrogen (secondary N) is 1. The van der Waals surface area contributed by atoms with Crippen LogP contribution in [0.1, 0.15) is 5.56 Å². The van der Waals surface area contributed by atoms with Crippen molar-refractivity contribution in [1.82, 2.24) is 9.71 Å². The lowest BCUT2D eigenvalue weighted by atomic mass is 10.2. The van der Waals surface area contributed by atoms with Gasteiger partial charge in [-0.15, -0.1) is 0 Å². The van der Waals surface area contributed by atoms with E-state index in [0.717, 1.165) is 0 Å². The van der Waals surface area contributed by atoms with Crippen molar-refractivity contribution in [2.75, 3.05) is 20.4 Å². The number of hydrogen-bond acceptors (Lipinski definition) is 6. The highest BCUT2D eigenvalue weighted by Crippen LogP contribution is 2.14. The van der Waals surface area contributed by atoms with Gasteiger partial charge in [0.25, 0.3) is 0 Å². The van der Waals surface area contributed by atoms with Crippen molar-refractivity contribution >= 4 is 16.1 Å². The van der Waals surface area contributed by atoms with Gasteiger partial charge in [-0.2, -0.15) is 4.72 Å². The van der Waals surface area contributed by atoms with Crippen LogP contribution >= 0.6 is 0 Å². The number of pyridine rings is 1. The van der Waals surface area contributed by atoms with Crippen molar-refractivity contribution in [3.63, 3.8) is 0 Å². The van der Waals surface area contributed by atoms with E-state index in [1.54, 1.807) is 5.73 Å². The van der Waals surface area contributed by atoms with E-state index in [-0.39, 0.29) is 24.7 Å². The fourth-order valence-electron chi connectivity index (χ4n) is 1.33. The zero-order valence-electron chi connectivity index (χ0n) is 11.3. The summed E-state index contributed by atoms with van der Waals surface area (Å²) in [5, 5.41) is 0. The lowest BCUT2D eigenvalue weighted by Gasteiger charge is -2.10. The molecule has 0 spiro atoms. The van der Waals surface area contributed by atoms with Crippen molar-refractivity contribution in [1.29, 1.82) is 0 Å². The first-order chi connectivity index (χ1) is 9.51. The number of methoxy groups -OCH3 is 1. The van der Waals surface area contributed by atoms with Crippen molar-refractivity contribution in [3.05, 3.63) is 24.0 Å². The molecule has 0 saturated heterocycles. The second kappa shape index (κ2) is 7.02. The van der Waals surface area contributed by atoms with Crippen LogP contribution in [-0.2, 0) is 25.9 Å². The van der Waals surface area contributed by atoms with Crippen LogP contribution in [-0.4, -0.2) is 39.9 Å². The molecule has 1 amide bonds. The predicted molar refractivity (Wildman–Crippen MR) is 65.7 cm³/mol. The fourth-order valence-corrected chi connectivity index (χ4v) is 2.47. The number of sulfonamides is 1. The number of primary amides is 1. The minimum atomic E-state index is -3.74. The molecule has 0 fully saturated rings. The van der Waals surface area contributed by atoms with Gasteiger partial charge in [-0.05, 0) is 11.6 Å². The van der Waals surface area contributed by atoms with E-state index < -0.39 is 16.1 Å². The number of aromatic nitrogens is 1. The Balaban J connectivity index is 2.80. The van der Waals surface area contributed by atoms with Crippen LogP contribution in [0.25, 0.3) is 0 Å². The van der Waals surface area contributed by atoms with Gasteiger partial charge in [0, 0.05) is 25.9 Å². The average Bonchev–Trinajstić information content (AvgIpc) is 2.45. The molecule has 3 N–H and O–H groups in total. The molecule has 106 valence electrons. The standard InChI is InChI=1S/C10H15N3O5S/c1-17-7-13-19(15,16)9-6-12-4-2-8(9)3-5-18-10(11)14/h2,4,6,13H,3,5,7H2,1H3,(H2,11,14)/i/hD. The van der Waals surface area contributed by atoms with Gasteiger partial charge in [0.2, 0.25) is 10.0 Å². The minimum absolute atomic E-state index is 0.00747. The molecular formula is C10H15N3O5S. The van der Waals surface area contributed by atoms with E-state index in [4.69, 9.17) is 1.41 Å². The lowest BCUT2D eigenvalue weighted by Crippen LogP contribution is -2.27. The van der Waals surface area contributed by atoms with Gasteiger partial charge in [0.15, 0.2) is 1.41 Å². The largest absolute Gasteiger partial charge is 0.449 e. The Kier molecular flexibility index (Phi) is 5.07. The molecule has 0 aliphatic rings. The van der Waals surface area contributed by atoms with Crippen LogP contribution < -0.4 is 10.4 Å². The Morgan fingerprint density at radius 2 is 2.42 bits per heavy atom. The summed E-state index contributed by atoms with van der Waals surface area (Å²) in [4.78, 5) is 14.5. The smallest absolute Gasteiger partial charge is 0.404 e. The first kappa shape index (κ1) is 13.7. The van der Waals surface area contributed by atoms with E-state index in [9.17, 15) is 13.2 Å². The number of carbonyl (C=O) groups is 1. The van der Waals surface area contributed by atoms with Crippen molar-refractivity contribution in [2.45, 2.75) is 11.3 Å². The van der Waals surface area contributed by atoms with Gasteiger partial charge in [-0.1, -0.05) is 0 Å². The number of nitrogens with zero attached hydrogens (tertiary/aromatic N) is 1. The monoisotopic (exact) mass is 290 g/mol. The molecule has 1 aromatic rings. The third kappa shape index (κ3) is 4.81. The molecule has 0 unspecified atom stereocenters. The molecule has 9 heteroatoms. The zero-order valence-corrected chi connectivity index (χ0v) is 11.1. The quantitative estimate of drug-likeness (QED) is 0.659. The number of hydrogen-bond donors (Lipinski definition) is 2. The third-order valence-electron chi connectivity index (χ3n) is 2.16. The summed E-state index contributed by atoms with van der Waals surface area (Å²) in [6, 6.07) is 1.52. The predicted octanol–water partition coefficient (Wildman–Crippen LogP) is -0.398.